The first-order chi connectivity index (χ1) is 17.0. The number of aliphatic hydroxyl groups excluding tert-OH is 1. The highest BCUT2D eigenvalue weighted by Crippen LogP contribution is 2.40. The summed E-state index contributed by atoms with van der Waals surface area (Å²) in [7, 11) is 1.56. The number of ether oxygens (including phenoxy) is 1. The number of aliphatic hydroxyl groups is 1. The molecule has 2 heterocycles. The van der Waals surface area contributed by atoms with Gasteiger partial charge in [-0.05, 0) is 60.0 Å². The van der Waals surface area contributed by atoms with Crippen molar-refractivity contribution >= 4 is 40.0 Å². The van der Waals surface area contributed by atoms with Crippen molar-refractivity contribution in [3.63, 3.8) is 0 Å². The maximum Gasteiger partial charge on any atom is 0.295 e. The number of H-pyrrole nitrogens is 1. The minimum Gasteiger partial charge on any atom is -0.507 e. The summed E-state index contributed by atoms with van der Waals surface area (Å²) in [5.41, 5.74) is 3.20. The van der Waals surface area contributed by atoms with E-state index in [1.165, 1.54) is 4.90 Å². The summed E-state index contributed by atoms with van der Waals surface area (Å²) in [5, 5.41) is 12.7. The third-order valence-electron chi connectivity index (χ3n) is 6.36. The summed E-state index contributed by atoms with van der Waals surface area (Å²) < 4.78 is 5.38. The van der Waals surface area contributed by atoms with Crippen molar-refractivity contribution in [1.82, 2.24) is 9.88 Å². The van der Waals surface area contributed by atoms with Crippen LogP contribution in [0, 0.1) is 0 Å². The van der Waals surface area contributed by atoms with E-state index >= 15 is 0 Å². The van der Waals surface area contributed by atoms with Gasteiger partial charge in [0.1, 0.15) is 11.5 Å². The number of nitrogens with one attached hydrogen (secondary N) is 1. The number of nitrogens with zero attached hydrogens (tertiary/aromatic N) is 1. The number of rotatable bonds is 6. The number of Topliss-reactive ketones (excluding diaryl/α,β-unsaturated/α-hetero) is 1. The van der Waals surface area contributed by atoms with E-state index in [-0.39, 0.29) is 11.3 Å². The Balaban J connectivity index is 1.58. The van der Waals surface area contributed by atoms with Gasteiger partial charge in [-0.1, -0.05) is 41.9 Å². The van der Waals surface area contributed by atoms with Crippen molar-refractivity contribution in [2.45, 2.75) is 12.5 Å². The lowest BCUT2D eigenvalue weighted by Gasteiger charge is -2.25. The lowest BCUT2D eigenvalue weighted by Crippen LogP contribution is -2.31. The van der Waals surface area contributed by atoms with Crippen LogP contribution in [0.3, 0.4) is 0 Å². The number of amides is 1. The Hall–Kier alpha value is -4.03. The van der Waals surface area contributed by atoms with Crippen molar-refractivity contribution < 1.29 is 19.4 Å². The highest BCUT2D eigenvalue weighted by Gasteiger charge is 2.46. The average molecular weight is 487 g/mol. The quantitative estimate of drug-likeness (QED) is 0.214. The molecule has 5 rings (SSSR count). The predicted molar refractivity (Wildman–Crippen MR) is 135 cm³/mol. The zero-order chi connectivity index (χ0) is 24.5. The molecular formula is C28H23ClN2O4. The molecule has 0 unspecified atom stereocenters. The van der Waals surface area contributed by atoms with Gasteiger partial charge in [-0.3, -0.25) is 9.59 Å². The topological polar surface area (TPSA) is 82.6 Å². The third kappa shape index (κ3) is 4.17. The molecule has 1 atom stereocenters. The van der Waals surface area contributed by atoms with E-state index in [0.717, 1.165) is 16.5 Å². The summed E-state index contributed by atoms with van der Waals surface area (Å²) >= 11 is 6.00. The zero-order valence-corrected chi connectivity index (χ0v) is 19.8. The minimum atomic E-state index is -0.758. The highest BCUT2D eigenvalue weighted by molar-refractivity contribution is 6.46. The Morgan fingerprint density at radius 3 is 2.60 bits per heavy atom. The number of hydrogen-bond donors (Lipinski definition) is 2. The lowest BCUT2D eigenvalue weighted by molar-refractivity contribution is -0.139. The summed E-state index contributed by atoms with van der Waals surface area (Å²) in [6, 6.07) is 20.9. The van der Waals surface area contributed by atoms with Crippen molar-refractivity contribution in [2.24, 2.45) is 0 Å². The first kappa shape index (κ1) is 22.7. The maximum absolute atomic E-state index is 13.2. The normalized spacial score (nSPS) is 17.3. The lowest BCUT2D eigenvalue weighted by atomic mass is 9.95. The van der Waals surface area contributed by atoms with Gasteiger partial charge in [0.25, 0.3) is 11.7 Å². The Labute approximate surface area is 207 Å². The molecule has 1 amide bonds. The largest absolute Gasteiger partial charge is 0.507 e. The van der Waals surface area contributed by atoms with Crippen LogP contribution < -0.4 is 4.74 Å². The van der Waals surface area contributed by atoms with Crippen LogP contribution in [0.4, 0.5) is 0 Å². The molecule has 1 aliphatic heterocycles. The molecule has 1 aliphatic rings. The highest BCUT2D eigenvalue weighted by atomic mass is 35.5. The van der Waals surface area contributed by atoms with Crippen molar-refractivity contribution in [1.29, 1.82) is 0 Å². The van der Waals surface area contributed by atoms with Crippen LogP contribution >= 0.6 is 11.6 Å². The number of methoxy groups -OCH3 is 1. The van der Waals surface area contributed by atoms with Gasteiger partial charge in [0.15, 0.2) is 0 Å². The number of fused-ring (bicyclic) bond motifs is 1. The van der Waals surface area contributed by atoms with Crippen molar-refractivity contribution in [3.8, 4) is 5.75 Å². The maximum atomic E-state index is 13.2. The fourth-order valence-electron chi connectivity index (χ4n) is 4.61. The van der Waals surface area contributed by atoms with E-state index in [4.69, 9.17) is 16.3 Å². The molecule has 0 radical (unpaired) electrons. The molecule has 2 N–H and O–H groups in total. The van der Waals surface area contributed by atoms with E-state index in [1.54, 1.807) is 49.6 Å². The molecule has 1 saturated heterocycles. The van der Waals surface area contributed by atoms with Crippen LogP contribution in [0.5, 0.6) is 5.75 Å². The molecule has 0 bridgehead atoms. The molecule has 6 nitrogen and oxygen atoms in total. The molecule has 0 saturated carbocycles. The van der Waals surface area contributed by atoms with E-state index in [2.05, 4.69) is 4.98 Å². The molecule has 3 aromatic carbocycles. The van der Waals surface area contributed by atoms with Crippen molar-refractivity contribution in [3.05, 3.63) is 106 Å². The molecular weight excluding hydrogens is 464 g/mol. The molecule has 1 fully saturated rings. The van der Waals surface area contributed by atoms with Gasteiger partial charge in [-0.25, -0.2) is 0 Å². The van der Waals surface area contributed by atoms with Gasteiger partial charge in [0.2, 0.25) is 0 Å². The third-order valence-corrected chi connectivity index (χ3v) is 6.62. The first-order valence-electron chi connectivity index (χ1n) is 11.2. The van der Waals surface area contributed by atoms with Crippen LogP contribution in [0.15, 0.2) is 84.6 Å². The van der Waals surface area contributed by atoms with Gasteiger partial charge >= 0.3 is 0 Å². The first-order valence-corrected chi connectivity index (χ1v) is 11.6. The number of ketones is 1. The predicted octanol–water partition coefficient (Wildman–Crippen LogP) is 5.49. The molecule has 0 aliphatic carbocycles. The fraction of sp³-hybridized carbons (Fsp3) is 0.143. The fourth-order valence-corrected chi connectivity index (χ4v) is 4.74. The number of benzene rings is 3. The van der Waals surface area contributed by atoms with Gasteiger partial charge in [-0.2, -0.15) is 0 Å². The number of carbonyl (C=O) groups excluding carboxylic acids is 2. The van der Waals surface area contributed by atoms with Crippen LogP contribution in [-0.2, 0) is 16.0 Å². The molecule has 1 aromatic heterocycles. The van der Waals surface area contributed by atoms with E-state index in [1.807, 2.05) is 36.5 Å². The second-order valence-corrected chi connectivity index (χ2v) is 8.82. The van der Waals surface area contributed by atoms with Crippen LogP contribution in [0.1, 0.15) is 22.7 Å². The summed E-state index contributed by atoms with van der Waals surface area (Å²) in [5.74, 6) is -1.00. The number of aromatic amines is 1. The second kappa shape index (κ2) is 9.31. The number of aromatic nitrogens is 1. The SMILES string of the molecule is COc1cccc([C@H]2C(=C(O)c3ccc(Cl)cc3)C(=O)C(=O)N2CCc2c[nH]c3ccccc23)c1. The Kier molecular flexibility index (Phi) is 6.05. The summed E-state index contributed by atoms with van der Waals surface area (Å²) in [4.78, 5) is 31.3. The Bertz CT molecular complexity index is 1460. The van der Waals surface area contributed by atoms with Crippen molar-refractivity contribution in [2.75, 3.05) is 13.7 Å². The van der Waals surface area contributed by atoms with Crippen LogP contribution in [-0.4, -0.2) is 40.3 Å². The summed E-state index contributed by atoms with van der Waals surface area (Å²) in [6.45, 7) is 0.297. The Morgan fingerprint density at radius 2 is 1.83 bits per heavy atom. The number of carbonyl (C=O) groups is 2. The zero-order valence-electron chi connectivity index (χ0n) is 19.0. The molecule has 35 heavy (non-hydrogen) atoms. The second-order valence-electron chi connectivity index (χ2n) is 8.39. The molecule has 7 heteroatoms. The van der Waals surface area contributed by atoms with E-state index in [0.29, 0.717) is 34.9 Å². The number of halogens is 1. The van der Waals surface area contributed by atoms with E-state index in [9.17, 15) is 14.7 Å². The summed E-state index contributed by atoms with van der Waals surface area (Å²) in [6.07, 6.45) is 2.47. The minimum absolute atomic E-state index is 0.0458. The van der Waals surface area contributed by atoms with Gasteiger partial charge in [0, 0.05) is 34.2 Å². The standard InChI is InChI=1S/C28H23ClN2O4/c1-35-21-6-4-5-18(15-21)25-24(26(32)17-9-11-20(29)12-10-17)27(33)28(34)31(25)14-13-19-16-30-23-8-3-2-7-22(19)23/h2-12,15-16,25,30,32H,13-14H2,1H3/t25-/m0/s1. The average Bonchev–Trinajstić information content (AvgIpc) is 3.41. The van der Waals surface area contributed by atoms with Gasteiger partial charge in [-0.15, -0.1) is 0 Å². The van der Waals surface area contributed by atoms with Crippen LogP contribution in [0.2, 0.25) is 5.02 Å². The number of likely N-dealkylation sites (tertiary alicyclic amines) is 1. The monoisotopic (exact) mass is 486 g/mol. The molecule has 0 spiro atoms. The van der Waals surface area contributed by atoms with Gasteiger partial charge in [0.05, 0.1) is 18.7 Å². The number of para-hydroxylation sites is 1. The molecule has 176 valence electrons. The van der Waals surface area contributed by atoms with E-state index < -0.39 is 17.7 Å². The molecule has 4 aromatic rings. The Morgan fingerprint density at radius 1 is 1.06 bits per heavy atom. The van der Waals surface area contributed by atoms with Gasteiger partial charge < -0.3 is 19.7 Å². The number of hydrogen-bond acceptors (Lipinski definition) is 4. The smallest absolute Gasteiger partial charge is 0.295 e. The van der Waals surface area contributed by atoms with Crippen LogP contribution in [0.25, 0.3) is 16.7 Å².